The van der Waals surface area contributed by atoms with E-state index in [4.69, 9.17) is 15.6 Å². The summed E-state index contributed by atoms with van der Waals surface area (Å²) in [7, 11) is 1.00. The van der Waals surface area contributed by atoms with Gasteiger partial charge in [0.1, 0.15) is 0 Å². The van der Waals surface area contributed by atoms with Crippen LogP contribution in [-0.4, -0.2) is 68.5 Å². The van der Waals surface area contributed by atoms with Crippen LogP contribution < -0.4 is 11.1 Å². The van der Waals surface area contributed by atoms with Gasteiger partial charge in [0.05, 0.1) is 13.2 Å². The molecule has 1 saturated heterocycles. The number of nitrogens with one attached hydrogen (secondary N) is 1. The number of rotatable bonds is 10. The van der Waals surface area contributed by atoms with Gasteiger partial charge in [0, 0.05) is 39.2 Å². The number of nitrogens with zero attached hydrogens (tertiary/aromatic N) is 1. The summed E-state index contributed by atoms with van der Waals surface area (Å²) >= 11 is 0. The van der Waals surface area contributed by atoms with Crippen molar-refractivity contribution in [3.05, 3.63) is 0 Å². The molecule has 0 radical (unpaired) electrons. The van der Waals surface area contributed by atoms with Crippen LogP contribution in [0.3, 0.4) is 0 Å². The topological polar surface area (TPSA) is 87.8 Å². The molecule has 1 amide bonds. The van der Waals surface area contributed by atoms with Crippen LogP contribution in [0, 0.1) is 5.92 Å². The lowest BCUT2D eigenvalue weighted by Gasteiger charge is -2.26. The second-order valence-corrected chi connectivity index (χ2v) is 7.55. The van der Waals surface area contributed by atoms with Gasteiger partial charge in [-0.1, -0.05) is 59.8 Å². The predicted molar refractivity (Wildman–Crippen MR) is 129 cm³/mol. The maximum absolute atomic E-state index is 11.9. The van der Waals surface area contributed by atoms with E-state index in [-0.39, 0.29) is 11.9 Å². The molecule has 0 spiro atoms. The first-order valence-electron chi connectivity index (χ1n) is 12.5. The SMILES string of the molecule is CC.CC.CO.N[C@H](CCCC(=O)NCCCN1CCOCC1)CC1CCCCC1. The molecule has 30 heavy (non-hydrogen) atoms. The molecular formula is C24H53N3O3. The molecule has 0 aromatic heterocycles. The first-order valence-corrected chi connectivity index (χ1v) is 12.5. The molecule has 2 fully saturated rings. The molecule has 0 unspecified atom stereocenters. The summed E-state index contributed by atoms with van der Waals surface area (Å²) in [5, 5.41) is 10.0. The molecule has 1 saturated carbocycles. The lowest BCUT2D eigenvalue weighted by atomic mass is 9.84. The minimum atomic E-state index is 0.182. The average molecular weight is 432 g/mol. The Bertz CT molecular complexity index is 345. The Labute approximate surface area is 187 Å². The number of amides is 1. The molecule has 6 heteroatoms. The zero-order chi connectivity index (χ0) is 23.0. The summed E-state index contributed by atoms with van der Waals surface area (Å²) in [6.07, 6.45) is 11.6. The fourth-order valence-electron chi connectivity index (χ4n) is 3.94. The Morgan fingerprint density at radius 2 is 1.67 bits per heavy atom. The van der Waals surface area contributed by atoms with Gasteiger partial charge < -0.3 is 20.9 Å². The van der Waals surface area contributed by atoms with Gasteiger partial charge in [-0.15, -0.1) is 0 Å². The Morgan fingerprint density at radius 1 is 1.07 bits per heavy atom. The van der Waals surface area contributed by atoms with E-state index < -0.39 is 0 Å². The lowest BCUT2D eigenvalue weighted by Crippen LogP contribution is -2.38. The molecule has 1 aliphatic heterocycles. The van der Waals surface area contributed by atoms with E-state index in [0.29, 0.717) is 6.42 Å². The van der Waals surface area contributed by atoms with E-state index in [1.807, 2.05) is 27.7 Å². The van der Waals surface area contributed by atoms with Crippen LogP contribution in [0.5, 0.6) is 0 Å². The molecule has 6 nitrogen and oxygen atoms in total. The third kappa shape index (κ3) is 18.1. The number of carbonyl (C=O) groups excluding carboxylic acids is 1. The van der Waals surface area contributed by atoms with Crippen molar-refractivity contribution in [3.8, 4) is 0 Å². The van der Waals surface area contributed by atoms with E-state index >= 15 is 0 Å². The number of hydrogen-bond donors (Lipinski definition) is 3. The van der Waals surface area contributed by atoms with Gasteiger partial charge >= 0.3 is 0 Å². The fourth-order valence-corrected chi connectivity index (χ4v) is 3.94. The van der Waals surface area contributed by atoms with Gasteiger partial charge in [0.25, 0.3) is 0 Å². The van der Waals surface area contributed by atoms with Crippen LogP contribution in [0.4, 0.5) is 0 Å². The largest absolute Gasteiger partial charge is 0.400 e. The summed E-state index contributed by atoms with van der Waals surface area (Å²) in [6.45, 7) is 13.6. The molecule has 0 aromatic carbocycles. The van der Waals surface area contributed by atoms with Crippen LogP contribution in [0.25, 0.3) is 0 Å². The van der Waals surface area contributed by atoms with E-state index in [2.05, 4.69) is 10.2 Å². The number of aliphatic hydroxyl groups is 1. The fraction of sp³-hybridized carbons (Fsp3) is 0.958. The highest BCUT2D eigenvalue weighted by molar-refractivity contribution is 5.75. The van der Waals surface area contributed by atoms with Crippen molar-refractivity contribution in [2.24, 2.45) is 11.7 Å². The summed E-state index contributed by atoms with van der Waals surface area (Å²) < 4.78 is 5.33. The molecule has 0 bridgehead atoms. The maximum Gasteiger partial charge on any atom is 0.219 e. The zero-order valence-corrected chi connectivity index (χ0v) is 20.8. The number of nitrogens with two attached hydrogens (primary N) is 1. The molecule has 0 aromatic rings. The normalized spacial score (nSPS) is 17.8. The Kier molecular flexibility index (Phi) is 25.8. The first-order chi connectivity index (χ1) is 14.7. The Morgan fingerprint density at radius 3 is 2.27 bits per heavy atom. The molecule has 4 N–H and O–H groups in total. The quantitative estimate of drug-likeness (QED) is 0.456. The van der Waals surface area contributed by atoms with Crippen LogP contribution in [0.2, 0.25) is 0 Å². The summed E-state index contributed by atoms with van der Waals surface area (Å²) in [6, 6.07) is 0.280. The van der Waals surface area contributed by atoms with Gasteiger partial charge in [-0.3, -0.25) is 9.69 Å². The predicted octanol–water partition coefficient (Wildman–Crippen LogP) is 3.95. The van der Waals surface area contributed by atoms with Crippen molar-refractivity contribution in [1.29, 1.82) is 0 Å². The van der Waals surface area contributed by atoms with E-state index in [9.17, 15) is 4.79 Å². The van der Waals surface area contributed by atoms with E-state index in [1.165, 1.54) is 32.1 Å². The smallest absolute Gasteiger partial charge is 0.219 e. The monoisotopic (exact) mass is 431 g/mol. The third-order valence-electron chi connectivity index (χ3n) is 5.42. The van der Waals surface area contributed by atoms with Gasteiger partial charge in [0.15, 0.2) is 0 Å². The van der Waals surface area contributed by atoms with E-state index in [0.717, 1.165) is 78.1 Å². The number of carbonyl (C=O) groups is 1. The van der Waals surface area contributed by atoms with Crippen LogP contribution in [-0.2, 0) is 9.53 Å². The van der Waals surface area contributed by atoms with Crippen molar-refractivity contribution in [1.82, 2.24) is 10.2 Å². The number of morpholine rings is 1. The van der Waals surface area contributed by atoms with Gasteiger partial charge in [-0.05, 0) is 38.1 Å². The molecule has 1 heterocycles. The zero-order valence-electron chi connectivity index (χ0n) is 20.8. The van der Waals surface area contributed by atoms with Crippen molar-refractivity contribution in [2.45, 2.75) is 97.9 Å². The second-order valence-electron chi connectivity index (χ2n) is 7.55. The highest BCUT2D eigenvalue weighted by atomic mass is 16.5. The first kappa shape index (κ1) is 31.5. The minimum Gasteiger partial charge on any atom is -0.400 e. The second kappa shape index (κ2) is 24.6. The highest BCUT2D eigenvalue weighted by Gasteiger charge is 2.16. The summed E-state index contributed by atoms with van der Waals surface area (Å²) in [5.41, 5.74) is 6.25. The van der Waals surface area contributed by atoms with Crippen LogP contribution >= 0.6 is 0 Å². The summed E-state index contributed by atoms with van der Waals surface area (Å²) in [4.78, 5) is 14.3. The van der Waals surface area contributed by atoms with Crippen LogP contribution in [0.1, 0.15) is 91.9 Å². The molecule has 1 aliphatic carbocycles. The minimum absolute atomic E-state index is 0.182. The van der Waals surface area contributed by atoms with E-state index in [1.54, 1.807) is 0 Å². The standard InChI is InChI=1S/C19H37N3O2.2C2H6.CH4O/c20-18(16-17-6-2-1-3-7-17)8-4-9-19(23)21-10-5-11-22-12-14-24-15-13-22;3*1-2/h17-18H,1-16,20H2,(H,21,23);2*1-2H3;2H,1H3/t18-;;;/m1.../s1. The number of ether oxygens (including phenoxy) is 1. The van der Waals surface area contributed by atoms with Gasteiger partial charge in [0.2, 0.25) is 5.91 Å². The highest BCUT2D eigenvalue weighted by Crippen LogP contribution is 2.27. The van der Waals surface area contributed by atoms with Crippen molar-refractivity contribution >= 4 is 5.91 Å². The third-order valence-corrected chi connectivity index (χ3v) is 5.42. The number of aliphatic hydroxyl groups excluding tert-OH is 1. The van der Waals surface area contributed by atoms with Gasteiger partial charge in [-0.25, -0.2) is 0 Å². The van der Waals surface area contributed by atoms with Crippen molar-refractivity contribution < 1.29 is 14.6 Å². The molecule has 1 atom stereocenters. The van der Waals surface area contributed by atoms with Crippen molar-refractivity contribution in [2.75, 3.05) is 46.5 Å². The number of hydrogen-bond acceptors (Lipinski definition) is 5. The Balaban J connectivity index is 0. The van der Waals surface area contributed by atoms with Crippen LogP contribution in [0.15, 0.2) is 0 Å². The average Bonchev–Trinajstić information content (AvgIpc) is 2.82. The molecule has 182 valence electrons. The lowest BCUT2D eigenvalue weighted by molar-refractivity contribution is -0.121. The Hall–Kier alpha value is -0.690. The van der Waals surface area contributed by atoms with Crippen molar-refractivity contribution in [3.63, 3.8) is 0 Å². The molecule has 2 rings (SSSR count). The summed E-state index contributed by atoms with van der Waals surface area (Å²) in [5.74, 6) is 1.02. The molecule has 2 aliphatic rings. The maximum atomic E-state index is 11.9. The van der Waals surface area contributed by atoms with Gasteiger partial charge in [-0.2, -0.15) is 0 Å². The molecular weight excluding hydrogens is 378 g/mol.